The van der Waals surface area contributed by atoms with Gasteiger partial charge in [-0.15, -0.1) is 0 Å². The average molecular weight is 233 g/mol. The minimum atomic E-state index is -0.438. The van der Waals surface area contributed by atoms with Crippen LogP contribution in [0, 0.1) is 22.0 Å². The molecule has 1 aromatic rings. The van der Waals surface area contributed by atoms with Crippen molar-refractivity contribution in [3.63, 3.8) is 0 Å². The third-order valence-corrected chi connectivity index (χ3v) is 2.28. The zero-order valence-electron chi connectivity index (χ0n) is 10.0. The molecule has 0 bridgehead atoms. The van der Waals surface area contributed by atoms with Gasteiger partial charge in [-0.3, -0.25) is 10.1 Å². The molecule has 17 heavy (non-hydrogen) atoms. The Morgan fingerprint density at radius 1 is 1.47 bits per heavy atom. The summed E-state index contributed by atoms with van der Waals surface area (Å²) >= 11 is 0. The standard InChI is InChI=1S/C13H15NO3/c1-3-4-5-6-7-11-8-9-12(17-2)10-13(11)14(15)16/h8-10H,3-5H2,1-2H3. The largest absolute Gasteiger partial charge is 0.497 e. The summed E-state index contributed by atoms with van der Waals surface area (Å²) in [5.41, 5.74) is 0.431. The van der Waals surface area contributed by atoms with Crippen LogP contribution in [-0.4, -0.2) is 12.0 Å². The molecule has 0 N–H and O–H groups in total. The number of rotatable bonds is 4. The third-order valence-electron chi connectivity index (χ3n) is 2.28. The summed E-state index contributed by atoms with van der Waals surface area (Å²) in [6.07, 6.45) is 2.84. The number of nitro groups is 1. The van der Waals surface area contributed by atoms with Gasteiger partial charge in [0.15, 0.2) is 0 Å². The molecule has 1 rings (SSSR count). The Morgan fingerprint density at radius 2 is 2.24 bits per heavy atom. The summed E-state index contributed by atoms with van der Waals surface area (Å²) in [7, 11) is 1.48. The lowest BCUT2D eigenvalue weighted by Crippen LogP contribution is -1.93. The van der Waals surface area contributed by atoms with Crippen LogP contribution in [0.1, 0.15) is 31.7 Å². The molecule has 0 aliphatic rings. The first-order valence-corrected chi connectivity index (χ1v) is 5.50. The Kier molecular flexibility index (Phi) is 5.02. The zero-order chi connectivity index (χ0) is 12.7. The van der Waals surface area contributed by atoms with Gasteiger partial charge in [-0.05, 0) is 18.6 Å². The first-order valence-electron chi connectivity index (χ1n) is 5.50. The Balaban J connectivity index is 2.97. The number of nitro benzene ring substituents is 1. The van der Waals surface area contributed by atoms with Gasteiger partial charge < -0.3 is 4.74 Å². The second-order valence-electron chi connectivity index (χ2n) is 3.55. The van der Waals surface area contributed by atoms with E-state index in [1.807, 2.05) is 0 Å². The van der Waals surface area contributed by atoms with Gasteiger partial charge in [0.25, 0.3) is 5.69 Å². The highest BCUT2D eigenvalue weighted by Gasteiger charge is 2.12. The van der Waals surface area contributed by atoms with E-state index in [2.05, 4.69) is 18.8 Å². The lowest BCUT2D eigenvalue weighted by molar-refractivity contribution is -0.385. The molecule has 0 saturated carbocycles. The highest BCUT2D eigenvalue weighted by molar-refractivity contribution is 5.54. The van der Waals surface area contributed by atoms with Crippen molar-refractivity contribution in [2.45, 2.75) is 26.2 Å². The SMILES string of the molecule is CCCCC#Cc1ccc(OC)cc1[N+](=O)[O-]. The summed E-state index contributed by atoms with van der Waals surface area (Å²) in [4.78, 5) is 10.4. The quantitative estimate of drug-likeness (QED) is 0.347. The van der Waals surface area contributed by atoms with Gasteiger partial charge in [-0.1, -0.05) is 25.2 Å². The molecule has 4 nitrogen and oxygen atoms in total. The molecule has 0 radical (unpaired) electrons. The van der Waals surface area contributed by atoms with E-state index < -0.39 is 4.92 Å². The summed E-state index contributed by atoms with van der Waals surface area (Å²) in [6.45, 7) is 2.08. The molecular formula is C13H15NO3. The number of nitrogens with zero attached hydrogens (tertiary/aromatic N) is 1. The molecule has 0 atom stereocenters. The fourth-order valence-electron chi connectivity index (χ4n) is 1.32. The van der Waals surface area contributed by atoms with E-state index >= 15 is 0 Å². The topological polar surface area (TPSA) is 52.4 Å². The number of benzene rings is 1. The van der Waals surface area contributed by atoms with Crippen molar-refractivity contribution < 1.29 is 9.66 Å². The molecule has 0 saturated heterocycles. The maximum atomic E-state index is 10.9. The smallest absolute Gasteiger partial charge is 0.288 e. The predicted octanol–water partition coefficient (Wildman–Crippen LogP) is 3.15. The Labute approximate surface area is 101 Å². The maximum absolute atomic E-state index is 10.9. The Hall–Kier alpha value is -2.02. The second kappa shape index (κ2) is 6.54. The number of methoxy groups -OCH3 is 1. The van der Waals surface area contributed by atoms with Crippen LogP contribution in [0.4, 0.5) is 5.69 Å². The van der Waals surface area contributed by atoms with E-state index in [9.17, 15) is 10.1 Å². The molecule has 0 amide bonds. The van der Waals surface area contributed by atoms with Crippen LogP contribution in [0.3, 0.4) is 0 Å². The van der Waals surface area contributed by atoms with Gasteiger partial charge in [0, 0.05) is 6.42 Å². The van der Waals surface area contributed by atoms with Crippen molar-refractivity contribution >= 4 is 5.69 Å². The molecule has 0 fully saturated rings. The van der Waals surface area contributed by atoms with E-state index in [1.54, 1.807) is 12.1 Å². The van der Waals surface area contributed by atoms with Crippen LogP contribution < -0.4 is 4.74 Å². The van der Waals surface area contributed by atoms with Crippen molar-refractivity contribution in [3.8, 4) is 17.6 Å². The molecule has 0 aliphatic heterocycles. The normalized spacial score (nSPS) is 9.29. The van der Waals surface area contributed by atoms with Crippen LogP contribution in [0.15, 0.2) is 18.2 Å². The molecule has 0 unspecified atom stereocenters. The molecule has 0 spiro atoms. The van der Waals surface area contributed by atoms with E-state index in [1.165, 1.54) is 13.2 Å². The zero-order valence-corrected chi connectivity index (χ0v) is 10.0. The molecule has 0 aliphatic carbocycles. The molecule has 0 heterocycles. The Bertz CT molecular complexity index is 457. The highest BCUT2D eigenvalue weighted by atomic mass is 16.6. The van der Waals surface area contributed by atoms with E-state index in [4.69, 9.17) is 4.74 Å². The fraction of sp³-hybridized carbons (Fsp3) is 0.385. The highest BCUT2D eigenvalue weighted by Crippen LogP contribution is 2.23. The third kappa shape index (κ3) is 3.80. The minimum Gasteiger partial charge on any atom is -0.497 e. The van der Waals surface area contributed by atoms with Gasteiger partial charge in [0.2, 0.25) is 0 Å². The molecule has 0 aromatic heterocycles. The van der Waals surface area contributed by atoms with Crippen LogP contribution in [-0.2, 0) is 0 Å². The van der Waals surface area contributed by atoms with Gasteiger partial charge in [0.1, 0.15) is 11.3 Å². The van der Waals surface area contributed by atoms with E-state index in [-0.39, 0.29) is 5.69 Å². The fourth-order valence-corrected chi connectivity index (χ4v) is 1.32. The van der Waals surface area contributed by atoms with Crippen LogP contribution in [0.25, 0.3) is 0 Å². The van der Waals surface area contributed by atoms with Crippen molar-refractivity contribution in [1.29, 1.82) is 0 Å². The van der Waals surface area contributed by atoms with Crippen LogP contribution >= 0.6 is 0 Å². The van der Waals surface area contributed by atoms with Crippen LogP contribution in [0.5, 0.6) is 5.75 Å². The summed E-state index contributed by atoms with van der Waals surface area (Å²) in [6, 6.07) is 4.69. The first kappa shape index (κ1) is 13.0. The Morgan fingerprint density at radius 3 is 2.82 bits per heavy atom. The van der Waals surface area contributed by atoms with E-state index in [0.29, 0.717) is 11.3 Å². The van der Waals surface area contributed by atoms with Crippen LogP contribution in [0.2, 0.25) is 0 Å². The van der Waals surface area contributed by atoms with Crippen molar-refractivity contribution in [2.75, 3.05) is 7.11 Å². The molecule has 1 aromatic carbocycles. The summed E-state index contributed by atoms with van der Waals surface area (Å²) in [5.74, 6) is 6.24. The lowest BCUT2D eigenvalue weighted by Gasteiger charge is -2.00. The van der Waals surface area contributed by atoms with Crippen molar-refractivity contribution in [3.05, 3.63) is 33.9 Å². The van der Waals surface area contributed by atoms with Crippen molar-refractivity contribution in [1.82, 2.24) is 0 Å². The number of hydrogen-bond donors (Lipinski definition) is 0. The predicted molar refractivity (Wildman–Crippen MR) is 66.1 cm³/mol. The maximum Gasteiger partial charge on any atom is 0.288 e. The van der Waals surface area contributed by atoms with E-state index in [0.717, 1.165) is 19.3 Å². The first-order chi connectivity index (χ1) is 8.19. The molecular weight excluding hydrogens is 218 g/mol. The molecule has 4 heteroatoms. The van der Waals surface area contributed by atoms with Gasteiger partial charge >= 0.3 is 0 Å². The molecule has 90 valence electrons. The number of ether oxygens (including phenoxy) is 1. The van der Waals surface area contributed by atoms with Gasteiger partial charge in [-0.2, -0.15) is 0 Å². The minimum absolute atomic E-state index is 0.00616. The number of hydrogen-bond acceptors (Lipinski definition) is 3. The summed E-state index contributed by atoms with van der Waals surface area (Å²) in [5, 5.41) is 10.9. The lowest BCUT2D eigenvalue weighted by atomic mass is 10.1. The monoisotopic (exact) mass is 233 g/mol. The van der Waals surface area contributed by atoms with Gasteiger partial charge in [0.05, 0.1) is 18.1 Å². The van der Waals surface area contributed by atoms with Gasteiger partial charge in [-0.25, -0.2) is 0 Å². The summed E-state index contributed by atoms with van der Waals surface area (Å²) < 4.78 is 4.95. The number of unbranched alkanes of at least 4 members (excludes halogenated alkanes) is 2. The average Bonchev–Trinajstić information content (AvgIpc) is 2.34. The second-order valence-corrected chi connectivity index (χ2v) is 3.55. The van der Waals surface area contributed by atoms with Crippen molar-refractivity contribution in [2.24, 2.45) is 0 Å².